The van der Waals surface area contributed by atoms with Crippen molar-refractivity contribution in [3.63, 3.8) is 0 Å². The van der Waals surface area contributed by atoms with Gasteiger partial charge in [0.1, 0.15) is 11.6 Å². The molecule has 2 aromatic rings. The number of nitrogens with one attached hydrogen (secondary N) is 2. The Morgan fingerprint density at radius 3 is 2.95 bits per heavy atom. The summed E-state index contributed by atoms with van der Waals surface area (Å²) in [6.45, 7) is 0. The highest BCUT2D eigenvalue weighted by Gasteiger charge is 2.14. The third-order valence-electron chi connectivity index (χ3n) is 2.44. The summed E-state index contributed by atoms with van der Waals surface area (Å²) in [5, 5.41) is 19.9. The van der Waals surface area contributed by atoms with Gasteiger partial charge in [-0.1, -0.05) is 16.8 Å². The number of H-pyrrole nitrogens is 1. The number of aromatic nitrogens is 2. The average molecular weight is 298 g/mol. The van der Waals surface area contributed by atoms with Crippen LogP contribution in [0.2, 0.25) is 5.02 Å². The van der Waals surface area contributed by atoms with Gasteiger partial charge in [-0.2, -0.15) is 5.10 Å². The Labute approximate surface area is 117 Å². The summed E-state index contributed by atoms with van der Waals surface area (Å²) in [5.41, 5.74) is 5.68. The highest BCUT2D eigenvalue weighted by Crippen LogP contribution is 2.17. The standard InChI is InChI=1S/C11H9ClFN5O2/c12-7-2-1-5(3-8(7)13)11(19)16-10-6(4-15-17-10)9(14)18-20/h1-4,20H,(H2,14,18)(H2,15,16,17,19). The fourth-order valence-corrected chi connectivity index (χ4v) is 1.57. The zero-order valence-corrected chi connectivity index (χ0v) is 10.6. The molecule has 0 atom stereocenters. The van der Waals surface area contributed by atoms with Crippen LogP contribution in [-0.2, 0) is 0 Å². The number of aromatic amines is 1. The molecule has 5 N–H and O–H groups in total. The first-order chi connectivity index (χ1) is 9.52. The number of nitrogens with two attached hydrogens (primary N) is 1. The van der Waals surface area contributed by atoms with Crippen LogP contribution in [0, 0.1) is 5.82 Å². The van der Waals surface area contributed by atoms with Crippen molar-refractivity contribution in [3.8, 4) is 0 Å². The van der Waals surface area contributed by atoms with Crippen molar-refractivity contribution in [1.29, 1.82) is 0 Å². The normalized spacial score (nSPS) is 11.4. The highest BCUT2D eigenvalue weighted by atomic mass is 35.5. The van der Waals surface area contributed by atoms with E-state index in [1.807, 2.05) is 0 Å². The number of amidine groups is 1. The minimum absolute atomic E-state index is 0.0620. The maximum absolute atomic E-state index is 13.3. The molecule has 0 aliphatic heterocycles. The maximum atomic E-state index is 13.3. The van der Waals surface area contributed by atoms with Crippen LogP contribution in [0.4, 0.5) is 10.2 Å². The largest absolute Gasteiger partial charge is 0.409 e. The number of carbonyl (C=O) groups excluding carboxylic acids is 1. The molecule has 7 nitrogen and oxygen atoms in total. The Morgan fingerprint density at radius 1 is 1.55 bits per heavy atom. The molecule has 0 saturated heterocycles. The summed E-state index contributed by atoms with van der Waals surface area (Å²) in [5.74, 6) is -1.41. The number of nitrogens with zero attached hydrogens (tertiary/aromatic N) is 2. The van der Waals surface area contributed by atoms with Crippen molar-refractivity contribution < 1.29 is 14.4 Å². The molecule has 0 unspecified atom stereocenters. The van der Waals surface area contributed by atoms with Crippen LogP contribution in [0.5, 0.6) is 0 Å². The Kier molecular flexibility index (Phi) is 3.85. The summed E-state index contributed by atoms with van der Waals surface area (Å²) in [4.78, 5) is 11.9. The first-order valence-corrected chi connectivity index (χ1v) is 5.68. The Balaban J connectivity index is 2.24. The van der Waals surface area contributed by atoms with Gasteiger partial charge in [-0.25, -0.2) is 4.39 Å². The van der Waals surface area contributed by atoms with Crippen LogP contribution in [0.1, 0.15) is 15.9 Å². The van der Waals surface area contributed by atoms with E-state index in [1.165, 1.54) is 18.3 Å². The van der Waals surface area contributed by atoms with Crippen molar-refractivity contribution >= 4 is 29.2 Å². The number of rotatable bonds is 3. The predicted octanol–water partition coefficient (Wildman–Crippen LogP) is 1.55. The molecule has 20 heavy (non-hydrogen) atoms. The number of hydrogen-bond donors (Lipinski definition) is 4. The van der Waals surface area contributed by atoms with Crippen molar-refractivity contribution in [2.24, 2.45) is 10.9 Å². The van der Waals surface area contributed by atoms with Crippen LogP contribution in [0.25, 0.3) is 0 Å². The van der Waals surface area contributed by atoms with Gasteiger partial charge >= 0.3 is 0 Å². The lowest BCUT2D eigenvalue weighted by Crippen LogP contribution is -2.18. The van der Waals surface area contributed by atoms with Gasteiger partial charge in [0.15, 0.2) is 5.84 Å². The van der Waals surface area contributed by atoms with Crippen LogP contribution < -0.4 is 11.1 Å². The van der Waals surface area contributed by atoms with Crippen molar-refractivity contribution in [2.45, 2.75) is 0 Å². The van der Waals surface area contributed by atoms with Gasteiger partial charge in [0.05, 0.1) is 16.8 Å². The number of amides is 1. The third kappa shape index (κ3) is 2.69. The second kappa shape index (κ2) is 5.57. The van der Waals surface area contributed by atoms with E-state index in [-0.39, 0.29) is 27.8 Å². The zero-order valence-electron chi connectivity index (χ0n) is 9.89. The van der Waals surface area contributed by atoms with E-state index in [2.05, 4.69) is 20.7 Å². The summed E-state index contributed by atoms with van der Waals surface area (Å²) in [6, 6.07) is 3.63. The third-order valence-corrected chi connectivity index (χ3v) is 2.75. The lowest BCUT2D eigenvalue weighted by Gasteiger charge is -2.05. The van der Waals surface area contributed by atoms with Gasteiger partial charge in [0.25, 0.3) is 5.91 Å². The Bertz CT molecular complexity index is 685. The molecule has 0 spiro atoms. The monoisotopic (exact) mass is 297 g/mol. The van der Waals surface area contributed by atoms with E-state index in [4.69, 9.17) is 22.5 Å². The first kappa shape index (κ1) is 13.8. The fraction of sp³-hybridized carbons (Fsp3) is 0. The summed E-state index contributed by atoms with van der Waals surface area (Å²) in [6.07, 6.45) is 1.27. The van der Waals surface area contributed by atoms with Gasteiger partial charge < -0.3 is 16.3 Å². The van der Waals surface area contributed by atoms with E-state index in [0.717, 1.165) is 6.07 Å². The minimum atomic E-state index is -0.708. The number of carbonyl (C=O) groups is 1. The molecule has 1 aromatic heterocycles. The highest BCUT2D eigenvalue weighted by molar-refractivity contribution is 6.30. The number of anilines is 1. The summed E-state index contributed by atoms with van der Waals surface area (Å²) in [7, 11) is 0. The van der Waals surface area contributed by atoms with E-state index < -0.39 is 11.7 Å². The van der Waals surface area contributed by atoms with Crippen molar-refractivity contribution in [2.75, 3.05) is 5.32 Å². The lowest BCUT2D eigenvalue weighted by molar-refractivity contribution is 0.102. The van der Waals surface area contributed by atoms with Gasteiger partial charge in [-0.3, -0.25) is 9.89 Å². The fourth-order valence-electron chi connectivity index (χ4n) is 1.45. The summed E-state index contributed by atoms with van der Waals surface area (Å²) < 4.78 is 13.3. The predicted molar refractivity (Wildman–Crippen MR) is 70.5 cm³/mol. The molecule has 1 aromatic carbocycles. The van der Waals surface area contributed by atoms with E-state index in [1.54, 1.807) is 0 Å². The topological polar surface area (TPSA) is 116 Å². The van der Waals surface area contributed by atoms with Crippen LogP contribution >= 0.6 is 11.6 Å². The maximum Gasteiger partial charge on any atom is 0.256 e. The number of oxime groups is 1. The van der Waals surface area contributed by atoms with Crippen molar-refractivity contribution in [3.05, 3.63) is 46.4 Å². The van der Waals surface area contributed by atoms with Gasteiger partial charge in [0.2, 0.25) is 0 Å². The molecule has 2 rings (SSSR count). The van der Waals surface area contributed by atoms with Crippen LogP contribution in [0.3, 0.4) is 0 Å². The number of hydrogen-bond acceptors (Lipinski definition) is 4. The molecule has 0 radical (unpaired) electrons. The quantitative estimate of drug-likeness (QED) is 0.297. The molecule has 0 fully saturated rings. The second-order valence-electron chi connectivity index (χ2n) is 3.73. The Morgan fingerprint density at radius 2 is 2.30 bits per heavy atom. The number of halogens is 2. The van der Waals surface area contributed by atoms with Crippen LogP contribution in [0.15, 0.2) is 29.6 Å². The molecule has 0 saturated carbocycles. The first-order valence-electron chi connectivity index (χ1n) is 5.30. The minimum Gasteiger partial charge on any atom is -0.409 e. The molecule has 9 heteroatoms. The smallest absolute Gasteiger partial charge is 0.256 e. The van der Waals surface area contributed by atoms with Crippen molar-refractivity contribution in [1.82, 2.24) is 10.2 Å². The second-order valence-corrected chi connectivity index (χ2v) is 4.13. The van der Waals surface area contributed by atoms with Gasteiger partial charge in [-0.15, -0.1) is 0 Å². The molecule has 0 aliphatic carbocycles. The molecular weight excluding hydrogens is 289 g/mol. The summed E-state index contributed by atoms with van der Waals surface area (Å²) >= 11 is 5.53. The van der Waals surface area contributed by atoms with E-state index in [0.29, 0.717) is 0 Å². The zero-order chi connectivity index (χ0) is 14.7. The van der Waals surface area contributed by atoms with Gasteiger partial charge in [-0.05, 0) is 18.2 Å². The molecule has 0 aliphatic rings. The molecule has 1 heterocycles. The molecular formula is C11H9ClFN5O2. The number of benzene rings is 1. The van der Waals surface area contributed by atoms with E-state index in [9.17, 15) is 9.18 Å². The average Bonchev–Trinajstić information content (AvgIpc) is 2.89. The SMILES string of the molecule is N/C(=N/O)c1cn[nH]c1NC(=O)c1ccc(Cl)c(F)c1. The van der Waals surface area contributed by atoms with E-state index >= 15 is 0 Å². The molecule has 0 bridgehead atoms. The Hall–Kier alpha value is -2.61. The molecule has 104 valence electrons. The van der Waals surface area contributed by atoms with Gasteiger partial charge in [0, 0.05) is 5.56 Å². The molecule has 1 amide bonds. The van der Waals surface area contributed by atoms with Crippen LogP contribution in [-0.4, -0.2) is 27.1 Å². The lowest BCUT2D eigenvalue weighted by atomic mass is 10.2.